The molecule has 1 amide bonds. The first-order valence-corrected chi connectivity index (χ1v) is 6.60. The van der Waals surface area contributed by atoms with Crippen molar-refractivity contribution < 1.29 is 9.53 Å². The smallest absolute Gasteiger partial charge is 0.411 e. The highest BCUT2D eigenvalue weighted by Gasteiger charge is 2.26. The third kappa shape index (κ3) is 6.51. The molecule has 17 heavy (non-hydrogen) atoms. The molecule has 1 N–H and O–H groups in total. The number of nitrogens with one attached hydrogen (secondary N) is 1. The maximum Gasteiger partial charge on any atom is 0.411 e. The summed E-state index contributed by atoms with van der Waals surface area (Å²) in [5.41, 5.74) is -0.414. The first kappa shape index (κ1) is 16.2. The summed E-state index contributed by atoms with van der Waals surface area (Å²) in [6, 6.07) is 0.259. The van der Waals surface area contributed by atoms with Gasteiger partial charge in [-0.15, -0.1) is 0 Å². The second-order valence-electron chi connectivity index (χ2n) is 5.10. The number of rotatable bonds is 0. The van der Waals surface area contributed by atoms with Crippen LogP contribution in [-0.4, -0.2) is 35.8 Å². The summed E-state index contributed by atoms with van der Waals surface area (Å²) < 4.78 is 5.35. The first-order chi connectivity index (χ1) is 7.90. The van der Waals surface area contributed by atoms with Crippen LogP contribution < -0.4 is 5.32 Å². The predicted octanol–water partition coefficient (Wildman–Crippen LogP) is 2.98. The zero-order valence-electron chi connectivity index (χ0n) is 12.2. The van der Waals surface area contributed by atoms with E-state index >= 15 is 0 Å². The third-order valence-corrected chi connectivity index (χ3v) is 2.42. The van der Waals surface area contributed by atoms with E-state index in [1.165, 1.54) is 0 Å². The monoisotopic (exact) mass is 244 g/mol. The molecule has 0 aliphatic carbocycles. The summed E-state index contributed by atoms with van der Waals surface area (Å²) in [5.74, 6) is 0. The van der Waals surface area contributed by atoms with Crippen LogP contribution in [0.25, 0.3) is 0 Å². The van der Waals surface area contributed by atoms with Gasteiger partial charge in [0.1, 0.15) is 5.60 Å². The molecule has 0 aromatic heterocycles. The first-order valence-electron chi connectivity index (χ1n) is 6.60. The van der Waals surface area contributed by atoms with Crippen molar-refractivity contribution >= 4 is 6.09 Å². The van der Waals surface area contributed by atoms with Crippen LogP contribution in [0, 0.1) is 0 Å². The molecule has 0 radical (unpaired) electrons. The maximum absolute atomic E-state index is 11.8. The Morgan fingerprint density at radius 3 is 2.47 bits per heavy atom. The maximum atomic E-state index is 11.8. The molecule has 102 valence electrons. The normalized spacial score (nSPS) is 21.1. The van der Waals surface area contributed by atoms with E-state index < -0.39 is 5.60 Å². The Morgan fingerprint density at radius 2 is 1.94 bits per heavy atom. The summed E-state index contributed by atoms with van der Waals surface area (Å²) in [7, 11) is 0. The molecule has 1 rings (SSSR count). The molecule has 0 spiro atoms. The molecule has 1 atom stereocenters. The molecule has 1 heterocycles. The van der Waals surface area contributed by atoms with Crippen molar-refractivity contribution in [3.63, 3.8) is 0 Å². The molecular formula is C13H28N2O2. The summed E-state index contributed by atoms with van der Waals surface area (Å²) in [4.78, 5) is 13.6. The minimum Gasteiger partial charge on any atom is -0.444 e. The largest absolute Gasteiger partial charge is 0.444 e. The van der Waals surface area contributed by atoms with E-state index in [9.17, 15) is 4.79 Å². The molecular weight excluding hydrogens is 216 g/mol. The van der Waals surface area contributed by atoms with Gasteiger partial charge in [0.25, 0.3) is 0 Å². The van der Waals surface area contributed by atoms with Gasteiger partial charge in [0.15, 0.2) is 0 Å². The van der Waals surface area contributed by atoms with E-state index in [4.69, 9.17) is 4.74 Å². The average Bonchev–Trinajstić information content (AvgIpc) is 2.43. The number of amides is 1. The van der Waals surface area contributed by atoms with Crippen molar-refractivity contribution in [3.05, 3.63) is 0 Å². The van der Waals surface area contributed by atoms with Crippen LogP contribution in [0.15, 0.2) is 0 Å². The third-order valence-electron chi connectivity index (χ3n) is 2.42. The lowest BCUT2D eigenvalue weighted by Gasteiger charge is -2.30. The minimum atomic E-state index is -0.414. The highest BCUT2D eigenvalue weighted by atomic mass is 16.6. The van der Waals surface area contributed by atoms with Gasteiger partial charge in [0.05, 0.1) is 6.67 Å². The second kappa shape index (κ2) is 7.54. The van der Waals surface area contributed by atoms with E-state index in [0.717, 1.165) is 19.4 Å². The molecule has 1 aliphatic heterocycles. The Kier molecular flexibility index (Phi) is 7.19. The molecule has 4 nitrogen and oxygen atoms in total. The average molecular weight is 244 g/mol. The number of hydrogen-bond acceptors (Lipinski definition) is 3. The molecule has 4 heteroatoms. The molecule has 0 saturated carbocycles. The lowest BCUT2D eigenvalue weighted by molar-refractivity contribution is 0.0171. The number of carbonyl (C=O) groups excluding carboxylic acids is 1. The Hall–Kier alpha value is -0.770. The SMILES string of the molecule is CC.CC1CCCNCN1C(=O)OC(C)(C)C. The van der Waals surface area contributed by atoms with E-state index in [2.05, 4.69) is 12.2 Å². The van der Waals surface area contributed by atoms with E-state index in [-0.39, 0.29) is 12.1 Å². The fraction of sp³-hybridized carbons (Fsp3) is 0.923. The summed E-state index contributed by atoms with van der Waals surface area (Å²) in [6.45, 7) is 13.3. The number of ether oxygens (including phenoxy) is 1. The van der Waals surface area contributed by atoms with E-state index in [1.54, 1.807) is 4.90 Å². The summed E-state index contributed by atoms with van der Waals surface area (Å²) in [5, 5.41) is 3.22. The highest BCUT2D eigenvalue weighted by Crippen LogP contribution is 2.14. The Morgan fingerprint density at radius 1 is 1.35 bits per heavy atom. The summed E-state index contributed by atoms with van der Waals surface area (Å²) in [6.07, 6.45) is 1.93. The summed E-state index contributed by atoms with van der Waals surface area (Å²) >= 11 is 0. The zero-order chi connectivity index (χ0) is 13.5. The van der Waals surface area contributed by atoms with Crippen LogP contribution in [0.4, 0.5) is 4.79 Å². The highest BCUT2D eigenvalue weighted by molar-refractivity contribution is 5.68. The van der Waals surface area contributed by atoms with Gasteiger partial charge in [0.2, 0.25) is 0 Å². The molecule has 1 unspecified atom stereocenters. The molecule has 1 saturated heterocycles. The Bertz CT molecular complexity index is 224. The van der Waals surface area contributed by atoms with Gasteiger partial charge in [-0.1, -0.05) is 13.8 Å². The second-order valence-corrected chi connectivity index (χ2v) is 5.10. The van der Waals surface area contributed by atoms with Crippen molar-refractivity contribution in [2.45, 2.75) is 66.0 Å². The number of hydrogen-bond donors (Lipinski definition) is 1. The number of nitrogens with zero attached hydrogens (tertiary/aromatic N) is 1. The van der Waals surface area contributed by atoms with Gasteiger partial charge in [-0.05, 0) is 47.1 Å². The fourth-order valence-corrected chi connectivity index (χ4v) is 1.60. The quantitative estimate of drug-likeness (QED) is 0.712. The van der Waals surface area contributed by atoms with Crippen LogP contribution in [0.1, 0.15) is 54.4 Å². The van der Waals surface area contributed by atoms with Crippen LogP contribution in [0.3, 0.4) is 0 Å². The van der Waals surface area contributed by atoms with Crippen molar-refractivity contribution in [1.82, 2.24) is 10.2 Å². The Balaban J connectivity index is 0.00000121. The van der Waals surface area contributed by atoms with Gasteiger partial charge >= 0.3 is 6.09 Å². The lowest BCUT2D eigenvalue weighted by Crippen LogP contribution is -2.44. The van der Waals surface area contributed by atoms with Crippen LogP contribution >= 0.6 is 0 Å². The van der Waals surface area contributed by atoms with E-state index in [1.807, 2.05) is 34.6 Å². The van der Waals surface area contributed by atoms with Gasteiger partial charge < -0.3 is 4.74 Å². The van der Waals surface area contributed by atoms with E-state index in [0.29, 0.717) is 6.67 Å². The molecule has 1 fully saturated rings. The Labute approximate surface area is 106 Å². The molecule has 0 aromatic rings. The molecule has 1 aliphatic rings. The van der Waals surface area contributed by atoms with Gasteiger partial charge in [-0.2, -0.15) is 0 Å². The minimum absolute atomic E-state index is 0.218. The topological polar surface area (TPSA) is 41.6 Å². The van der Waals surface area contributed by atoms with Crippen LogP contribution in [-0.2, 0) is 4.74 Å². The van der Waals surface area contributed by atoms with Gasteiger partial charge in [-0.25, -0.2) is 4.79 Å². The van der Waals surface area contributed by atoms with Gasteiger partial charge in [-0.3, -0.25) is 10.2 Å². The molecule has 0 aromatic carbocycles. The van der Waals surface area contributed by atoms with Crippen LogP contribution in [0.2, 0.25) is 0 Å². The fourth-order valence-electron chi connectivity index (χ4n) is 1.60. The lowest BCUT2D eigenvalue weighted by atomic mass is 10.2. The van der Waals surface area contributed by atoms with Crippen molar-refractivity contribution in [3.8, 4) is 0 Å². The van der Waals surface area contributed by atoms with Gasteiger partial charge in [0, 0.05) is 6.04 Å². The number of carbonyl (C=O) groups is 1. The molecule has 0 bridgehead atoms. The predicted molar refractivity (Wildman–Crippen MR) is 71.0 cm³/mol. The zero-order valence-corrected chi connectivity index (χ0v) is 12.2. The standard InChI is InChI=1S/C11H22N2O2.C2H6/c1-9-6-5-7-12-8-13(9)10(14)15-11(2,3)4;1-2/h9,12H,5-8H2,1-4H3;1-2H3. The van der Waals surface area contributed by atoms with Crippen molar-refractivity contribution in [1.29, 1.82) is 0 Å². The van der Waals surface area contributed by atoms with Crippen molar-refractivity contribution in [2.24, 2.45) is 0 Å². The van der Waals surface area contributed by atoms with Crippen molar-refractivity contribution in [2.75, 3.05) is 13.2 Å². The van der Waals surface area contributed by atoms with Crippen LogP contribution in [0.5, 0.6) is 0 Å².